The van der Waals surface area contributed by atoms with Crippen molar-refractivity contribution in [2.75, 3.05) is 13.4 Å². The maximum Gasteiger partial charge on any atom is 0.348 e. The van der Waals surface area contributed by atoms with Crippen LogP contribution in [-0.4, -0.2) is 36.3 Å². The molecule has 1 aromatic heterocycles. The van der Waals surface area contributed by atoms with Crippen LogP contribution in [0.25, 0.3) is 11.1 Å². The minimum absolute atomic E-state index is 0. The highest BCUT2D eigenvalue weighted by molar-refractivity contribution is 7.98. The first-order valence-corrected chi connectivity index (χ1v) is 14.1. The highest BCUT2D eigenvalue weighted by Crippen LogP contribution is 2.35. The van der Waals surface area contributed by atoms with E-state index in [0.29, 0.717) is 32.7 Å². The lowest BCUT2D eigenvalue weighted by Crippen LogP contribution is -2.35. The van der Waals surface area contributed by atoms with Gasteiger partial charge in [0, 0.05) is 38.5 Å². The number of thioether (sulfide) groups is 1. The second kappa shape index (κ2) is 15.1. The molecule has 0 fully saturated rings. The summed E-state index contributed by atoms with van der Waals surface area (Å²) in [6, 6.07) is 18.5. The second-order valence-electron chi connectivity index (χ2n) is 8.64. The number of hydrogen-bond donors (Lipinski definition) is 1. The highest BCUT2D eigenvalue weighted by atomic mass is 35.5. The zero-order valence-electron chi connectivity index (χ0n) is 22.1. The molecule has 4 aromatic rings. The lowest BCUT2D eigenvalue weighted by molar-refractivity contribution is -0.139. The Balaban J connectivity index is 0.00000462. The number of ether oxygens (including phenoxy) is 3. The van der Waals surface area contributed by atoms with Gasteiger partial charge < -0.3 is 19.9 Å². The summed E-state index contributed by atoms with van der Waals surface area (Å²) in [6.45, 7) is 0.205. The lowest BCUT2D eigenvalue weighted by Gasteiger charge is -2.14. The largest absolute Gasteiger partial charge is 0.497 e. The zero-order chi connectivity index (χ0) is 28.6. The number of methoxy groups -OCH3 is 1. The summed E-state index contributed by atoms with van der Waals surface area (Å²) in [6.07, 6.45) is 5.03. The number of nitrogens with zero attached hydrogens (tertiary/aromatic N) is 1. The summed E-state index contributed by atoms with van der Waals surface area (Å²) >= 11 is 13.9. The van der Waals surface area contributed by atoms with E-state index >= 15 is 0 Å². The molecule has 11 heteroatoms. The third-order valence-corrected chi connectivity index (χ3v) is 7.56. The molecule has 7 nitrogen and oxygen atoms in total. The number of esters is 2. The number of benzene rings is 3. The van der Waals surface area contributed by atoms with Gasteiger partial charge in [-0.25, -0.2) is 9.59 Å². The van der Waals surface area contributed by atoms with Crippen LogP contribution in [0.1, 0.15) is 21.5 Å². The van der Waals surface area contributed by atoms with Gasteiger partial charge in [0.25, 0.3) is 0 Å². The van der Waals surface area contributed by atoms with Crippen LogP contribution in [0.15, 0.2) is 84.0 Å². The Bertz CT molecular complexity index is 1500. The third kappa shape index (κ3) is 8.15. The van der Waals surface area contributed by atoms with Crippen molar-refractivity contribution in [1.82, 2.24) is 4.98 Å². The van der Waals surface area contributed by atoms with E-state index in [0.717, 1.165) is 16.0 Å². The van der Waals surface area contributed by atoms with Crippen molar-refractivity contribution in [1.29, 1.82) is 0 Å². The summed E-state index contributed by atoms with van der Waals surface area (Å²) in [5.74, 6) is -0.451. The van der Waals surface area contributed by atoms with Crippen LogP contribution in [-0.2, 0) is 22.6 Å². The van der Waals surface area contributed by atoms with Crippen LogP contribution >= 0.6 is 47.4 Å². The minimum atomic E-state index is -1.06. The molecule has 0 bridgehead atoms. The van der Waals surface area contributed by atoms with Crippen molar-refractivity contribution in [3.8, 4) is 22.6 Å². The topological polar surface area (TPSA) is 101 Å². The molecule has 4 rings (SSSR count). The Kier molecular flexibility index (Phi) is 11.9. The number of rotatable bonds is 10. The molecule has 0 unspecified atom stereocenters. The Morgan fingerprint density at radius 2 is 1.66 bits per heavy atom. The Morgan fingerprint density at radius 3 is 2.32 bits per heavy atom. The maximum absolute atomic E-state index is 13.0. The lowest BCUT2D eigenvalue weighted by atomic mass is 10.0. The molecule has 2 N–H and O–H groups in total. The van der Waals surface area contributed by atoms with Gasteiger partial charge in [-0.15, -0.1) is 24.2 Å². The molecule has 0 spiro atoms. The van der Waals surface area contributed by atoms with E-state index in [2.05, 4.69) is 4.98 Å². The molecule has 41 heavy (non-hydrogen) atoms. The molecule has 3 aromatic carbocycles. The smallest absolute Gasteiger partial charge is 0.348 e. The normalized spacial score (nSPS) is 11.2. The van der Waals surface area contributed by atoms with Gasteiger partial charge in [-0.1, -0.05) is 41.4 Å². The van der Waals surface area contributed by atoms with E-state index in [9.17, 15) is 9.59 Å². The summed E-state index contributed by atoms with van der Waals surface area (Å²) in [5, 5.41) is 1.05. The summed E-state index contributed by atoms with van der Waals surface area (Å²) in [4.78, 5) is 30.7. The summed E-state index contributed by atoms with van der Waals surface area (Å²) in [5.41, 5.74) is 9.02. The van der Waals surface area contributed by atoms with Gasteiger partial charge >= 0.3 is 11.9 Å². The van der Waals surface area contributed by atoms with Crippen molar-refractivity contribution >= 4 is 59.3 Å². The number of aromatic nitrogens is 1. The molecule has 0 aliphatic rings. The van der Waals surface area contributed by atoms with E-state index in [-0.39, 0.29) is 31.0 Å². The van der Waals surface area contributed by atoms with Crippen LogP contribution in [0.3, 0.4) is 0 Å². The Labute approximate surface area is 258 Å². The molecule has 1 atom stereocenters. The Morgan fingerprint density at radius 1 is 0.976 bits per heavy atom. The first-order chi connectivity index (χ1) is 19.3. The minimum Gasteiger partial charge on any atom is -0.497 e. The predicted molar refractivity (Wildman–Crippen MR) is 165 cm³/mol. The van der Waals surface area contributed by atoms with Gasteiger partial charge in [-0.2, -0.15) is 0 Å². The average Bonchev–Trinajstić information content (AvgIpc) is 2.97. The fourth-order valence-electron chi connectivity index (χ4n) is 3.92. The molecule has 1 heterocycles. The van der Waals surface area contributed by atoms with Gasteiger partial charge in [0.1, 0.15) is 24.1 Å². The fraction of sp³-hybridized carbons (Fsp3) is 0.167. The number of carbonyl (C=O) groups is 2. The van der Waals surface area contributed by atoms with Gasteiger partial charge in [0.15, 0.2) is 0 Å². The molecular weight excluding hydrogens is 607 g/mol. The molecule has 0 saturated carbocycles. The molecule has 0 amide bonds. The number of hydrogen-bond acceptors (Lipinski definition) is 8. The standard InChI is InChI=1S/C30H26Cl2N2O5S.ClH/c1-37-20-10-11-28(40-2)22(15-20)21-12-13-34-16-23(21)29(35)39-30(36)27(33)14-18-6-8-19(9-7-18)38-17-24-25(31)4-3-5-26(24)32;/h3-13,15-16,27H,14,17,33H2,1-2H3;1H/t27-;/m0./s1. The molecular formula is C30H27Cl3N2O5S. The third-order valence-electron chi connectivity index (χ3n) is 6.06. The molecule has 0 saturated heterocycles. The van der Waals surface area contributed by atoms with Crippen LogP contribution in [0, 0.1) is 0 Å². The van der Waals surface area contributed by atoms with Crippen molar-refractivity contribution in [2.24, 2.45) is 5.73 Å². The first kappa shape index (κ1) is 32.2. The van der Waals surface area contributed by atoms with E-state index in [1.54, 1.807) is 61.8 Å². The van der Waals surface area contributed by atoms with Crippen LogP contribution in [0.4, 0.5) is 0 Å². The van der Waals surface area contributed by atoms with E-state index in [1.165, 1.54) is 18.0 Å². The number of pyridine rings is 1. The average molecular weight is 634 g/mol. The number of nitrogens with two attached hydrogens (primary N) is 1. The molecule has 214 valence electrons. The van der Waals surface area contributed by atoms with E-state index < -0.39 is 18.0 Å². The predicted octanol–water partition coefficient (Wildman–Crippen LogP) is 7.04. The van der Waals surface area contributed by atoms with Crippen molar-refractivity contribution in [3.63, 3.8) is 0 Å². The van der Waals surface area contributed by atoms with Crippen molar-refractivity contribution in [2.45, 2.75) is 24.0 Å². The highest BCUT2D eigenvalue weighted by Gasteiger charge is 2.24. The SMILES string of the molecule is COc1ccc(SC)c(-c2ccncc2C(=O)OC(=O)[C@@H](N)Cc2ccc(OCc3c(Cl)cccc3Cl)cc2)c1.Cl. The van der Waals surface area contributed by atoms with Gasteiger partial charge in [-0.05, 0) is 72.3 Å². The second-order valence-corrected chi connectivity index (χ2v) is 10.3. The van der Waals surface area contributed by atoms with Gasteiger partial charge in [-0.3, -0.25) is 4.98 Å². The first-order valence-electron chi connectivity index (χ1n) is 12.1. The number of halogens is 3. The van der Waals surface area contributed by atoms with Crippen molar-refractivity contribution < 1.29 is 23.8 Å². The zero-order valence-corrected chi connectivity index (χ0v) is 25.3. The summed E-state index contributed by atoms with van der Waals surface area (Å²) < 4.78 is 16.3. The van der Waals surface area contributed by atoms with Crippen LogP contribution in [0.5, 0.6) is 11.5 Å². The quantitative estimate of drug-likeness (QED) is 0.113. The van der Waals surface area contributed by atoms with Crippen molar-refractivity contribution in [3.05, 3.63) is 106 Å². The maximum atomic E-state index is 13.0. The fourth-order valence-corrected chi connectivity index (χ4v) is 5.02. The monoisotopic (exact) mass is 632 g/mol. The van der Waals surface area contributed by atoms with Gasteiger partial charge in [0.2, 0.25) is 0 Å². The van der Waals surface area contributed by atoms with E-state index in [4.69, 9.17) is 43.1 Å². The van der Waals surface area contributed by atoms with Crippen LogP contribution in [0.2, 0.25) is 10.0 Å². The molecule has 0 aliphatic heterocycles. The van der Waals surface area contributed by atoms with E-state index in [1.807, 2.05) is 24.5 Å². The molecule has 0 radical (unpaired) electrons. The van der Waals surface area contributed by atoms with Crippen LogP contribution < -0.4 is 15.2 Å². The molecule has 0 aliphatic carbocycles. The number of carbonyl (C=O) groups excluding carboxylic acids is 2. The Hall–Kier alpha value is -3.27. The van der Waals surface area contributed by atoms with Gasteiger partial charge in [0.05, 0.1) is 12.7 Å². The summed E-state index contributed by atoms with van der Waals surface area (Å²) in [7, 11) is 1.57.